The summed E-state index contributed by atoms with van der Waals surface area (Å²) in [6.07, 6.45) is 0. The van der Waals surface area contributed by atoms with Crippen molar-refractivity contribution in [2.75, 3.05) is 19.7 Å². The Labute approximate surface area is 124 Å². The number of hydrogen-bond acceptors (Lipinski definition) is 2. The SMILES string of the molecule is CCNC(=NCC(C)CO)NC(C)c1ccc(F)cc1F. The molecule has 0 heterocycles. The van der Waals surface area contributed by atoms with E-state index in [0.29, 0.717) is 24.6 Å². The number of aliphatic hydroxyl groups excluding tert-OH is 1. The number of nitrogens with zero attached hydrogens (tertiary/aromatic N) is 1. The molecule has 0 saturated heterocycles. The van der Waals surface area contributed by atoms with Gasteiger partial charge >= 0.3 is 0 Å². The topological polar surface area (TPSA) is 56.7 Å². The maximum atomic E-state index is 13.7. The minimum atomic E-state index is -0.596. The molecule has 1 aromatic rings. The highest BCUT2D eigenvalue weighted by molar-refractivity contribution is 5.80. The molecule has 3 N–H and O–H groups in total. The summed E-state index contributed by atoms with van der Waals surface area (Å²) in [6, 6.07) is 3.16. The van der Waals surface area contributed by atoms with Crippen molar-refractivity contribution in [2.24, 2.45) is 10.9 Å². The Morgan fingerprint density at radius 2 is 2.05 bits per heavy atom. The molecule has 6 heteroatoms. The van der Waals surface area contributed by atoms with Crippen LogP contribution in [0.2, 0.25) is 0 Å². The van der Waals surface area contributed by atoms with E-state index in [4.69, 9.17) is 5.11 Å². The van der Waals surface area contributed by atoms with E-state index in [9.17, 15) is 8.78 Å². The van der Waals surface area contributed by atoms with Crippen molar-refractivity contribution < 1.29 is 13.9 Å². The third-order valence-corrected chi connectivity index (χ3v) is 3.00. The van der Waals surface area contributed by atoms with Crippen molar-refractivity contribution >= 4 is 5.96 Å². The summed E-state index contributed by atoms with van der Waals surface area (Å²) in [5.41, 5.74) is 0.372. The van der Waals surface area contributed by atoms with Crippen molar-refractivity contribution in [2.45, 2.75) is 26.8 Å². The Morgan fingerprint density at radius 1 is 1.33 bits per heavy atom. The second-order valence-electron chi connectivity index (χ2n) is 5.04. The van der Waals surface area contributed by atoms with E-state index in [1.165, 1.54) is 12.1 Å². The van der Waals surface area contributed by atoms with Crippen LogP contribution in [-0.2, 0) is 0 Å². The molecule has 0 spiro atoms. The molecule has 1 aromatic carbocycles. The zero-order chi connectivity index (χ0) is 15.8. The van der Waals surface area contributed by atoms with E-state index in [2.05, 4.69) is 15.6 Å². The van der Waals surface area contributed by atoms with E-state index < -0.39 is 11.6 Å². The molecule has 0 saturated carbocycles. The quantitative estimate of drug-likeness (QED) is 0.557. The summed E-state index contributed by atoms with van der Waals surface area (Å²) >= 11 is 0. The van der Waals surface area contributed by atoms with Crippen molar-refractivity contribution in [3.05, 3.63) is 35.4 Å². The van der Waals surface area contributed by atoms with Crippen LogP contribution in [-0.4, -0.2) is 30.8 Å². The highest BCUT2D eigenvalue weighted by Gasteiger charge is 2.13. The van der Waals surface area contributed by atoms with Crippen molar-refractivity contribution in [3.8, 4) is 0 Å². The van der Waals surface area contributed by atoms with Gasteiger partial charge in [0.05, 0.1) is 6.04 Å². The van der Waals surface area contributed by atoms with Crippen LogP contribution in [0.1, 0.15) is 32.4 Å². The van der Waals surface area contributed by atoms with E-state index in [-0.39, 0.29) is 18.6 Å². The van der Waals surface area contributed by atoms with Crippen molar-refractivity contribution in [1.82, 2.24) is 10.6 Å². The molecule has 2 unspecified atom stereocenters. The first-order valence-corrected chi connectivity index (χ1v) is 7.08. The zero-order valence-corrected chi connectivity index (χ0v) is 12.7. The number of halogens is 2. The molecule has 0 bridgehead atoms. The largest absolute Gasteiger partial charge is 0.396 e. The van der Waals surface area contributed by atoms with Crippen LogP contribution in [0.5, 0.6) is 0 Å². The highest BCUT2D eigenvalue weighted by atomic mass is 19.1. The van der Waals surface area contributed by atoms with Gasteiger partial charge in [-0.1, -0.05) is 13.0 Å². The molecule has 0 aliphatic rings. The van der Waals surface area contributed by atoms with Gasteiger partial charge in [0.1, 0.15) is 11.6 Å². The lowest BCUT2D eigenvalue weighted by Crippen LogP contribution is -2.39. The van der Waals surface area contributed by atoms with E-state index >= 15 is 0 Å². The minimum absolute atomic E-state index is 0.0540. The second-order valence-corrected chi connectivity index (χ2v) is 5.04. The van der Waals surface area contributed by atoms with Gasteiger partial charge in [-0.25, -0.2) is 8.78 Å². The van der Waals surface area contributed by atoms with E-state index in [0.717, 1.165) is 6.07 Å². The molecule has 1 rings (SSSR count). The van der Waals surface area contributed by atoms with Crippen LogP contribution in [0.15, 0.2) is 23.2 Å². The molecule has 118 valence electrons. The van der Waals surface area contributed by atoms with Gasteiger partial charge < -0.3 is 15.7 Å². The lowest BCUT2D eigenvalue weighted by atomic mass is 10.1. The fraction of sp³-hybridized carbons (Fsp3) is 0.533. The van der Waals surface area contributed by atoms with Crippen molar-refractivity contribution in [1.29, 1.82) is 0 Å². The fourth-order valence-electron chi connectivity index (χ4n) is 1.76. The van der Waals surface area contributed by atoms with Gasteiger partial charge in [0, 0.05) is 31.3 Å². The van der Waals surface area contributed by atoms with Gasteiger partial charge in [-0.15, -0.1) is 0 Å². The number of aliphatic imine (C=N–C) groups is 1. The fourth-order valence-corrected chi connectivity index (χ4v) is 1.76. The van der Waals surface area contributed by atoms with Crippen LogP contribution in [0.3, 0.4) is 0 Å². The molecule has 21 heavy (non-hydrogen) atoms. The smallest absolute Gasteiger partial charge is 0.191 e. The first-order valence-electron chi connectivity index (χ1n) is 7.08. The Balaban J connectivity index is 2.77. The number of nitrogens with one attached hydrogen (secondary N) is 2. The summed E-state index contributed by atoms with van der Waals surface area (Å²) in [4.78, 5) is 4.33. The molecule has 4 nitrogen and oxygen atoms in total. The molecule has 0 aliphatic heterocycles. The van der Waals surface area contributed by atoms with Crippen LogP contribution in [0, 0.1) is 17.6 Å². The van der Waals surface area contributed by atoms with E-state index in [1.54, 1.807) is 6.92 Å². The molecule has 0 fully saturated rings. The Bertz CT molecular complexity index is 480. The predicted molar refractivity (Wildman–Crippen MR) is 80.1 cm³/mol. The number of benzene rings is 1. The highest BCUT2D eigenvalue weighted by Crippen LogP contribution is 2.17. The monoisotopic (exact) mass is 299 g/mol. The minimum Gasteiger partial charge on any atom is -0.396 e. The third kappa shape index (κ3) is 5.67. The molecule has 0 amide bonds. The number of guanidine groups is 1. The molecular weight excluding hydrogens is 276 g/mol. The molecule has 0 aliphatic carbocycles. The lowest BCUT2D eigenvalue weighted by molar-refractivity contribution is 0.241. The average molecular weight is 299 g/mol. The van der Waals surface area contributed by atoms with Gasteiger partial charge in [-0.3, -0.25) is 4.99 Å². The molecular formula is C15H23F2N3O. The van der Waals surface area contributed by atoms with Crippen LogP contribution >= 0.6 is 0 Å². The third-order valence-electron chi connectivity index (χ3n) is 3.00. The normalized spacial score (nSPS) is 14.7. The first-order chi connectivity index (χ1) is 9.97. The second kappa shape index (κ2) is 8.56. The first kappa shape index (κ1) is 17.4. The Morgan fingerprint density at radius 3 is 2.62 bits per heavy atom. The van der Waals surface area contributed by atoms with Gasteiger partial charge in [-0.05, 0) is 25.8 Å². The summed E-state index contributed by atoms with van der Waals surface area (Å²) < 4.78 is 26.7. The number of aliphatic hydroxyl groups is 1. The molecule has 0 aromatic heterocycles. The van der Waals surface area contributed by atoms with Crippen LogP contribution < -0.4 is 10.6 Å². The van der Waals surface area contributed by atoms with Gasteiger partial charge in [-0.2, -0.15) is 0 Å². The van der Waals surface area contributed by atoms with Gasteiger partial charge in [0.25, 0.3) is 0 Å². The number of hydrogen-bond donors (Lipinski definition) is 3. The maximum absolute atomic E-state index is 13.7. The maximum Gasteiger partial charge on any atom is 0.191 e. The standard InChI is InChI=1S/C15H23F2N3O/c1-4-18-15(19-8-10(2)9-21)20-11(3)13-6-5-12(16)7-14(13)17/h5-7,10-11,21H,4,8-9H2,1-3H3,(H2,18,19,20). The van der Waals surface area contributed by atoms with Crippen LogP contribution in [0.4, 0.5) is 8.78 Å². The summed E-state index contributed by atoms with van der Waals surface area (Å²) in [6.45, 7) is 6.78. The molecule has 2 atom stereocenters. The van der Waals surface area contributed by atoms with Gasteiger partial charge in [0.2, 0.25) is 0 Å². The average Bonchev–Trinajstić information content (AvgIpc) is 2.44. The Hall–Kier alpha value is -1.69. The summed E-state index contributed by atoms with van der Waals surface area (Å²) in [5.74, 6) is -0.595. The lowest BCUT2D eigenvalue weighted by Gasteiger charge is -2.19. The predicted octanol–water partition coefficient (Wildman–Crippen LogP) is 2.21. The zero-order valence-electron chi connectivity index (χ0n) is 12.7. The van der Waals surface area contributed by atoms with Gasteiger partial charge in [0.15, 0.2) is 5.96 Å². The van der Waals surface area contributed by atoms with Crippen LogP contribution in [0.25, 0.3) is 0 Å². The van der Waals surface area contributed by atoms with Crippen molar-refractivity contribution in [3.63, 3.8) is 0 Å². The summed E-state index contributed by atoms with van der Waals surface area (Å²) in [7, 11) is 0. The van der Waals surface area contributed by atoms with E-state index in [1.807, 2.05) is 13.8 Å². The Kier molecular flexibility index (Phi) is 7.08. The number of rotatable bonds is 6. The summed E-state index contributed by atoms with van der Waals surface area (Å²) in [5, 5.41) is 15.1. The molecule has 0 radical (unpaired) electrons.